The zero-order valence-electron chi connectivity index (χ0n) is 14.9. The maximum absolute atomic E-state index is 12.3. The first kappa shape index (κ1) is 17.0. The van der Waals surface area contributed by atoms with Gasteiger partial charge in [-0.25, -0.2) is 9.59 Å². The number of ether oxygens (including phenoxy) is 2. The number of carbonyl (C=O) groups excluding carboxylic acids is 1. The molecule has 1 fully saturated rings. The number of benzene rings is 1. The van der Waals surface area contributed by atoms with Gasteiger partial charge in [0.2, 0.25) is 0 Å². The Labute approximate surface area is 145 Å². The van der Waals surface area contributed by atoms with E-state index in [1.807, 2.05) is 0 Å². The maximum Gasteiger partial charge on any atom is 0.411 e. The number of carboxylic acid groups (broad SMARTS) is 1. The Kier molecular flexibility index (Phi) is 4.73. The van der Waals surface area contributed by atoms with Crippen molar-refractivity contribution >= 4 is 17.7 Å². The average Bonchev–Trinajstić information content (AvgIpc) is 2.99. The van der Waals surface area contributed by atoms with Gasteiger partial charge in [0.15, 0.2) is 0 Å². The van der Waals surface area contributed by atoms with Gasteiger partial charge in [0.05, 0.1) is 11.5 Å². The van der Waals surface area contributed by atoms with E-state index < -0.39 is 34.7 Å². The molecule has 0 unspecified atom stereocenters. The lowest BCUT2D eigenvalue weighted by Gasteiger charge is -2.26. The Balaban J connectivity index is 2.07. The predicted molar refractivity (Wildman–Crippen MR) is 86.5 cm³/mol. The molecule has 25 heavy (non-hydrogen) atoms. The summed E-state index contributed by atoms with van der Waals surface area (Å²) < 4.78 is 18.2. The Hall–Kier alpha value is -2.84. The number of hydrogen-bond acceptors (Lipinski definition) is 6. The van der Waals surface area contributed by atoms with Gasteiger partial charge in [0.1, 0.15) is 23.5 Å². The fraction of sp³-hybridized carbons (Fsp3) is 0.500. The molecular weight excluding hydrogens is 332 g/mol. The van der Waals surface area contributed by atoms with Crippen LogP contribution in [0.1, 0.15) is 28.5 Å². The molecule has 1 aliphatic rings. The van der Waals surface area contributed by atoms with Crippen molar-refractivity contribution in [1.29, 1.82) is 0 Å². The highest BCUT2D eigenvalue weighted by atomic mass is 16.6. The molecule has 0 aliphatic carbocycles. The van der Waals surface area contributed by atoms with Gasteiger partial charge in [0, 0.05) is 19.9 Å². The van der Waals surface area contributed by atoms with Crippen LogP contribution in [0.3, 0.4) is 0 Å². The number of carboxylic acids is 1. The van der Waals surface area contributed by atoms with E-state index in [-0.39, 0.29) is 25.6 Å². The monoisotopic (exact) mass is 353 g/mol. The third-order valence-electron chi connectivity index (χ3n) is 3.50. The highest BCUT2D eigenvalue weighted by Gasteiger charge is 2.42. The number of nitro benzene ring substituents is 1. The first-order valence-corrected chi connectivity index (χ1v) is 7.56. The van der Waals surface area contributed by atoms with Crippen LogP contribution in [0, 0.1) is 10.1 Å². The second-order valence-electron chi connectivity index (χ2n) is 6.36. The summed E-state index contributed by atoms with van der Waals surface area (Å²) in [7, 11) is 0. The summed E-state index contributed by atoms with van der Waals surface area (Å²) in [4.78, 5) is 34.9. The molecule has 1 aromatic rings. The van der Waals surface area contributed by atoms with Crippen LogP contribution in [-0.4, -0.2) is 51.3 Å². The Morgan fingerprint density at radius 2 is 2.04 bits per heavy atom. The molecule has 1 amide bonds. The van der Waals surface area contributed by atoms with Crippen molar-refractivity contribution in [2.45, 2.75) is 44.9 Å². The van der Waals surface area contributed by atoms with Crippen molar-refractivity contribution in [3.8, 4) is 5.75 Å². The fourth-order valence-electron chi connectivity index (χ4n) is 2.45. The van der Waals surface area contributed by atoms with Gasteiger partial charge in [0.25, 0.3) is 5.69 Å². The minimum absolute atomic E-state index is 0.000861. The van der Waals surface area contributed by atoms with Crippen molar-refractivity contribution in [1.82, 2.24) is 4.90 Å². The molecule has 1 N–H and O–H groups in total. The number of rotatable bonds is 4. The number of amides is 1. The van der Waals surface area contributed by atoms with Gasteiger partial charge >= 0.3 is 12.1 Å². The molecule has 0 bridgehead atoms. The van der Waals surface area contributed by atoms with E-state index in [0.29, 0.717) is 5.75 Å². The fourth-order valence-corrected chi connectivity index (χ4v) is 2.45. The molecule has 0 aromatic heterocycles. The van der Waals surface area contributed by atoms with Crippen molar-refractivity contribution in [3.63, 3.8) is 0 Å². The molecule has 1 aliphatic heterocycles. The van der Waals surface area contributed by atoms with Crippen molar-refractivity contribution in [2.24, 2.45) is 0 Å². The molecule has 0 radical (unpaired) electrons. The molecule has 1 saturated heterocycles. The predicted octanol–water partition coefficient (Wildman–Crippen LogP) is 2.44. The highest BCUT2D eigenvalue weighted by Crippen LogP contribution is 2.26. The quantitative estimate of drug-likeness (QED) is 0.652. The number of aliphatic carboxylic acids is 1. The molecule has 9 heteroatoms. The van der Waals surface area contributed by atoms with E-state index in [2.05, 4.69) is 0 Å². The summed E-state index contributed by atoms with van der Waals surface area (Å²) >= 11 is 0. The van der Waals surface area contributed by atoms with E-state index >= 15 is 0 Å². The number of carbonyl (C=O) groups is 2. The first-order chi connectivity index (χ1) is 12.1. The van der Waals surface area contributed by atoms with Crippen LogP contribution in [0.5, 0.6) is 5.75 Å². The Morgan fingerprint density at radius 1 is 1.40 bits per heavy atom. The maximum atomic E-state index is 12.3. The van der Waals surface area contributed by atoms with Gasteiger partial charge in [-0.3, -0.25) is 15.0 Å². The average molecular weight is 353 g/mol. The molecule has 2 rings (SSSR count). The zero-order valence-corrected chi connectivity index (χ0v) is 13.9. The largest absolute Gasteiger partial charge is 0.488 e. The van der Waals surface area contributed by atoms with E-state index in [9.17, 15) is 24.8 Å². The van der Waals surface area contributed by atoms with Gasteiger partial charge in [-0.2, -0.15) is 0 Å². The summed E-state index contributed by atoms with van der Waals surface area (Å²) in [5, 5.41) is 20.0. The van der Waals surface area contributed by atoms with Crippen molar-refractivity contribution in [2.75, 3.05) is 6.54 Å². The Bertz CT molecular complexity index is 692. The van der Waals surface area contributed by atoms with Gasteiger partial charge in [-0.1, -0.05) is 0 Å². The van der Waals surface area contributed by atoms with Crippen LogP contribution < -0.4 is 4.74 Å². The molecular formula is C16H20N2O7. The van der Waals surface area contributed by atoms with Crippen LogP contribution in [0.4, 0.5) is 10.5 Å². The zero-order chi connectivity index (χ0) is 19.5. The molecule has 9 nitrogen and oxygen atoms in total. The molecule has 0 saturated carbocycles. The topological polar surface area (TPSA) is 119 Å². The lowest BCUT2D eigenvalue weighted by Crippen LogP contribution is -2.43. The number of hydrogen-bond donors (Lipinski definition) is 1. The summed E-state index contributed by atoms with van der Waals surface area (Å²) in [6.07, 6.45) is -1.35. The van der Waals surface area contributed by atoms with Gasteiger partial charge < -0.3 is 14.6 Å². The number of non-ortho nitro benzene ring substituents is 1. The minimum Gasteiger partial charge on any atom is -0.488 e. The van der Waals surface area contributed by atoms with Crippen molar-refractivity contribution < 1.29 is 30.5 Å². The third-order valence-corrected chi connectivity index (χ3v) is 3.50. The summed E-state index contributed by atoms with van der Waals surface area (Å²) in [5.74, 6) is -0.841. The van der Waals surface area contributed by atoms with Crippen LogP contribution in [-0.2, 0) is 9.53 Å². The van der Waals surface area contributed by atoms with Gasteiger partial charge in [-0.05, 0) is 32.9 Å². The lowest BCUT2D eigenvalue weighted by atomic mass is 10.2. The van der Waals surface area contributed by atoms with Crippen molar-refractivity contribution in [3.05, 3.63) is 34.4 Å². The normalized spacial score (nSPS) is 20.7. The molecule has 1 heterocycles. The number of nitrogens with zero attached hydrogens (tertiary/aromatic N) is 2. The number of nitro groups is 1. The molecule has 136 valence electrons. The summed E-state index contributed by atoms with van der Waals surface area (Å²) in [6, 6.07) is 4.28. The standard InChI is InChI=1S/C16H20N2O7/c1-16(2,3)25-15(21)17-9-12(8-13(17)14(19)20)24-11-6-4-10(5-7-11)18(22)23/h4-7,12-13H,8-9H2,1-3H3,(H,19,20)/t12-,13+/m1/s1/i1D. The van der Waals surface area contributed by atoms with Crippen LogP contribution in [0.2, 0.25) is 0 Å². The minimum atomic E-state index is -1.18. The van der Waals surface area contributed by atoms with Crippen LogP contribution in [0.15, 0.2) is 24.3 Å². The Morgan fingerprint density at radius 3 is 2.56 bits per heavy atom. The van der Waals surface area contributed by atoms with Crippen LogP contribution >= 0.6 is 0 Å². The van der Waals surface area contributed by atoms with Crippen LogP contribution in [0.25, 0.3) is 0 Å². The SMILES string of the molecule is [2H]CC(C)(C)OC(=O)N1C[C@H](Oc2ccc([N+](=O)[O-])cc2)C[C@H]1C(=O)O. The van der Waals surface area contributed by atoms with Gasteiger partial charge in [-0.15, -0.1) is 0 Å². The molecule has 0 spiro atoms. The summed E-state index contributed by atoms with van der Waals surface area (Å²) in [5.41, 5.74) is -1.12. The number of likely N-dealkylation sites (tertiary alicyclic amines) is 1. The summed E-state index contributed by atoms with van der Waals surface area (Å²) in [6.45, 7) is 2.97. The lowest BCUT2D eigenvalue weighted by molar-refractivity contribution is -0.384. The van der Waals surface area contributed by atoms with E-state index in [0.717, 1.165) is 4.90 Å². The first-order valence-electron chi connectivity index (χ1n) is 8.26. The second kappa shape index (κ2) is 6.96. The highest BCUT2D eigenvalue weighted by molar-refractivity contribution is 5.81. The second-order valence-corrected chi connectivity index (χ2v) is 6.36. The molecule has 2 atom stereocenters. The van der Waals surface area contributed by atoms with E-state index in [1.165, 1.54) is 24.3 Å². The van der Waals surface area contributed by atoms with E-state index in [1.54, 1.807) is 13.8 Å². The van der Waals surface area contributed by atoms with E-state index in [4.69, 9.17) is 10.8 Å². The smallest absolute Gasteiger partial charge is 0.411 e. The molecule has 1 aromatic carbocycles. The third kappa shape index (κ3) is 4.82.